The van der Waals surface area contributed by atoms with Crippen molar-refractivity contribution >= 4 is 52.0 Å². The number of carbonyl (C=O) groups excluding carboxylic acids is 3. The van der Waals surface area contributed by atoms with Crippen molar-refractivity contribution in [3.63, 3.8) is 0 Å². The summed E-state index contributed by atoms with van der Waals surface area (Å²) in [5, 5.41) is 4.82. The fourth-order valence-corrected chi connectivity index (χ4v) is 4.79. The summed E-state index contributed by atoms with van der Waals surface area (Å²) in [6.45, 7) is -0.0613. The largest absolute Gasteiger partial charge is 0.418 e. The Morgan fingerprint density at radius 2 is 1.97 bits per heavy atom. The van der Waals surface area contributed by atoms with Crippen molar-refractivity contribution in [3.05, 3.63) is 45.1 Å². The third kappa shape index (κ3) is 7.62. The Balaban J connectivity index is 1.84. The van der Waals surface area contributed by atoms with Crippen LogP contribution in [-0.2, 0) is 20.5 Å². The Morgan fingerprint density at radius 3 is 2.55 bits per heavy atom. The highest BCUT2D eigenvalue weighted by molar-refractivity contribution is 7.18. The molecule has 208 valence electrons. The van der Waals surface area contributed by atoms with Gasteiger partial charge in [-0.3, -0.25) is 19.3 Å². The second kappa shape index (κ2) is 12.8. The van der Waals surface area contributed by atoms with E-state index >= 15 is 0 Å². The fraction of sp³-hybridized carbons (Fsp3) is 0.435. The van der Waals surface area contributed by atoms with Crippen LogP contribution in [-0.4, -0.2) is 74.5 Å². The van der Waals surface area contributed by atoms with Gasteiger partial charge in [-0.15, -0.1) is 11.3 Å². The van der Waals surface area contributed by atoms with Crippen molar-refractivity contribution in [2.45, 2.75) is 25.6 Å². The highest BCUT2D eigenvalue weighted by Crippen LogP contribution is 2.39. The van der Waals surface area contributed by atoms with Crippen LogP contribution in [0.3, 0.4) is 0 Å². The van der Waals surface area contributed by atoms with Crippen LogP contribution in [0.15, 0.2) is 30.3 Å². The first-order chi connectivity index (χ1) is 17.9. The number of morpholine rings is 1. The molecular formula is C23H24ClF5N4O4S. The molecule has 2 aromatic rings. The zero-order chi connectivity index (χ0) is 28.0. The van der Waals surface area contributed by atoms with Crippen LogP contribution >= 0.6 is 22.9 Å². The summed E-state index contributed by atoms with van der Waals surface area (Å²) in [4.78, 5) is 39.9. The molecule has 0 aliphatic carbocycles. The van der Waals surface area contributed by atoms with Crippen LogP contribution in [0.1, 0.15) is 22.2 Å². The van der Waals surface area contributed by atoms with Gasteiger partial charge in [0.2, 0.25) is 5.91 Å². The molecule has 1 saturated heterocycles. The lowest BCUT2D eigenvalue weighted by Gasteiger charge is -2.30. The minimum Gasteiger partial charge on any atom is -0.370 e. The number of anilines is 2. The molecule has 8 nitrogen and oxygen atoms in total. The van der Waals surface area contributed by atoms with Crippen molar-refractivity contribution in [2.24, 2.45) is 0 Å². The van der Waals surface area contributed by atoms with Gasteiger partial charge in [0, 0.05) is 18.8 Å². The second-order valence-corrected chi connectivity index (χ2v) is 9.84. The molecule has 0 radical (unpaired) electrons. The van der Waals surface area contributed by atoms with Crippen molar-refractivity contribution in [2.75, 3.05) is 49.6 Å². The summed E-state index contributed by atoms with van der Waals surface area (Å²) in [6.07, 6.45) is -7.67. The molecule has 0 bridgehead atoms. The number of likely N-dealkylation sites (N-methyl/N-ethyl adjacent to an activating group) is 1. The van der Waals surface area contributed by atoms with E-state index in [4.69, 9.17) is 16.3 Å². The summed E-state index contributed by atoms with van der Waals surface area (Å²) in [7, 11) is 0. The number of amides is 3. The maximum Gasteiger partial charge on any atom is 0.418 e. The maximum absolute atomic E-state index is 13.9. The Morgan fingerprint density at radius 1 is 1.24 bits per heavy atom. The van der Waals surface area contributed by atoms with Gasteiger partial charge in [0.05, 0.1) is 33.6 Å². The fourth-order valence-electron chi connectivity index (χ4n) is 3.83. The summed E-state index contributed by atoms with van der Waals surface area (Å²) >= 11 is 6.80. The van der Waals surface area contributed by atoms with Crippen LogP contribution in [0.4, 0.5) is 33.3 Å². The van der Waals surface area contributed by atoms with Gasteiger partial charge in [0.15, 0.2) is 0 Å². The van der Waals surface area contributed by atoms with E-state index < -0.39 is 60.7 Å². The first-order valence-electron chi connectivity index (χ1n) is 11.4. The Hall–Kier alpha value is -2.81. The molecule has 0 saturated carbocycles. The molecule has 0 spiro atoms. The van der Waals surface area contributed by atoms with Gasteiger partial charge in [-0.05, 0) is 36.9 Å². The minimum atomic E-state index is -4.87. The first-order valence-corrected chi connectivity index (χ1v) is 12.6. The van der Waals surface area contributed by atoms with Gasteiger partial charge in [-0.1, -0.05) is 18.5 Å². The van der Waals surface area contributed by atoms with Crippen LogP contribution in [0.2, 0.25) is 4.34 Å². The third-order valence-electron chi connectivity index (χ3n) is 5.62. The smallest absolute Gasteiger partial charge is 0.370 e. The number of hydrogen-bond donors (Lipinski definition) is 2. The normalized spacial score (nSPS) is 15.2. The number of rotatable bonds is 10. The van der Waals surface area contributed by atoms with Gasteiger partial charge in [-0.25, -0.2) is 8.78 Å². The molecule has 1 atom stereocenters. The molecule has 1 fully saturated rings. The van der Waals surface area contributed by atoms with Crippen molar-refractivity contribution in [1.82, 2.24) is 10.2 Å². The van der Waals surface area contributed by atoms with Crippen LogP contribution in [0.25, 0.3) is 0 Å². The lowest BCUT2D eigenvalue weighted by molar-refractivity contribution is -0.137. The molecule has 0 unspecified atom stereocenters. The number of benzene rings is 1. The van der Waals surface area contributed by atoms with Gasteiger partial charge in [0.1, 0.15) is 12.6 Å². The SMILES string of the molecule is CCN(CC(F)F)[C@H](CNC(=O)c1ccc(Cl)s1)C(=O)Nc1ccc(N2CCOCC2=O)c(C(F)(F)F)c1. The molecule has 1 aliphatic heterocycles. The van der Waals surface area contributed by atoms with E-state index in [9.17, 15) is 36.3 Å². The number of alkyl halides is 5. The van der Waals surface area contributed by atoms with Crippen molar-refractivity contribution in [1.29, 1.82) is 0 Å². The molecule has 1 aliphatic rings. The Labute approximate surface area is 223 Å². The van der Waals surface area contributed by atoms with Crippen LogP contribution < -0.4 is 15.5 Å². The van der Waals surface area contributed by atoms with E-state index in [0.717, 1.165) is 27.2 Å². The maximum atomic E-state index is 13.9. The van der Waals surface area contributed by atoms with Gasteiger partial charge < -0.3 is 20.3 Å². The van der Waals surface area contributed by atoms with Gasteiger partial charge in [-0.2, -0.15) is 13.2 Å². The molecule has 2 N–H and O–H groups in total. The Bertz CT molecular complexity index is 1160. The number of nitrogens with one attached hydrogen (secondary N) is 2. The number of thiophene rings is 1. The molecule has 38 heavy (non-hydrogen) atoms. The Kier molecular flexibility index (Phi) is 10.0. The van der Waals surface area contributed by atoms with Crippen molar-refractivity contribution < 1.29 is 41.1 Å². The summed E-state index contributed by atoms with van der Waals surface area (Å²) in [5.74, 6) is -2.14. The minimum absolute atomic E-state index is 0.00495. The number of ether oxygens (including phenoxy) is 1. The van der Waals surface area contributed by atoms with E-state index in [0.29, 0.717) is 10.4 Å². The highest BCUT2D eigenvalue weighted by Gasteiger charge is 2.37. The first kappa shape index (κ1) is 29.7. The number of nitrogens with zero attached hydrogens (tertiary/aromatic N) is 2. The highest BCUT2D eigenvalue weighted by atomic mass is 35.5. The summed E-state index contributed by atoms with van der Waals surface area (Å²) in [6, 6.07) is 4.51. The third-order valence-corrected chi connectivity index (χ3v) is 6.85. The predicted molar refractivity (Wildman–Crippen MR) is 132 cm³/mol. The predicted octanol–water partition coefficient (Wildman–Crippen LogP) is 4.11. The van der Waals surface area contributed by atoms with Crippen LogP contribution in [0, 0.1) is 0 Å². The van der Waals surface area contributed by atoms with E-state index in [1.165, 1.54) is 25.1 Å². The molecule has 1 aromatic heterocycles. The zero-order valence-electron chi connectivity index (χ0n) is 20.0. The molecular weight excluding hydrogens is 559 g/mol. The van der Waals surface area contributed by atoms with E-state index in [1.807, 2.05) is 0 Å². The lowest BCUT2D eigenvalue weighted by atomic mass is 10.1. The number of halogens is 6. The zero-order valence-corrected chi connectivity index (χ0v) is 21.6. The van der Waals surface area contributed by atoms with E-state index in [2.05, 4.69) is 10.6 Å². The molecule has 1 aromatic carbocycles. The molecule has 3 rings (SSSR count). The topological polar surface area (TPSA) is 91.0 Å². The van der Waals surface area contributed by atoms with Crippen molar-refractivity contribution in [3.8, 4) is 0 Å². The molecule has 2 heterocycles. The average Bonchev–Trinajstić information content (AvgIpc) is 3.29. The quantitative estimate of drug-likeness (QED) is 0.412. The standard InChI is InChI=1S/C23H24ClF5N4O4S/c1-2-32(11-19(25)26)16(10-30-22(36)17-5-6-18(24)38-17)21(35)31-13-3-4-15(14(9-13)23(27,28)29)33-7-8-37-12-20(33)34/h3-6,9,16,19H,2,7-8,10-12H2,1H3,(H,30,36)(H,31,35)/t16-/m1/s1. The van der Waals surface area contributed by atoms with E-state index in [-0.39, 0.29) is 36.9 Å². The van der Waals surface area contributed by atoms with Gasteiger partial charge in [0.25, 0.3) is 18.2 Å². The van der Waals surface area contributed by atoms with Gasteiger partial charge >= 0.3 is 6.18 Å². The molecule has 15 heteroatoms. The average molecular weight is 583 g/mol. The monoisotopic (exact) mass is 582 g/mol. The van der Waals surface area contributed by atoms with E-state index in [1.54, 1.807) is 0 Å². The summed E-state index contributed by atoms with van der Waals surface area (Å²) in [5.41, 5.74) is -1.82. The molecule has 3 amide bonds. The number of carbonyl (C=O) groups is 3. The van der Waals surface area contributed by atoms with Crippen LogP contribution in [0.5, 0.6) is 0 Å². The second-order valence-electron chi connectivity index (χ2n) is 8.13. The summed E-state index contributed by atoms with van der Waals surface area (Å²) < 4.78 is 73.3. The number of hydrogen-bond acceptors (Lipinski definition) is 6. The lowest BCUT2D eigenvalue weighted by Crippen LogP contribution is -2.52.